The number of benzene rings is 1. The van der Waals surface area contributed by atoms with Gasteiger partial charge < -0.3 is 15.4 Å². The maximum Gasteiger partial charge on any atom is 0.422 e. The third-order valence-electron chi connectivity index (χ3n) is 3.47. The number of rotatable bonds is 5. The van der Waals surface area contributed by atoms with E-state index in [0.717, 1.165) is 13.1 Å². The summed E-state index contributed by atoms with van der Waals surface area (Å²) in [6.07, 6.45) is -4.41. The average molecular weight is 302 g/mol. The number of alkyl halides is 3. The van der Waals surface area contributed by atoms with Crippen molar-refractivity contribution in [1.82, 2.24) is 5.32 Å². The van der Waals surface area contributed by atoms with E-state index in [9.17, 15) is 18.0 Å². The molecule has 4 nitrogen and oxygen atoms in total. The Morgan fingerprint density at radius 2 is 2.10 bits per heavy atom. The Morgan fingerprint density at radius 3 is 2.67 bits per heavy atom. The molecule has 1 aliphatic heterocycles. The van der Waals surface area contributed by atoms with Crippen LogP contribution in [0.3, 0.4) is 0 Å². The summed E-state index contributed by atoms with van der Waals surface area (Å²) in [5.74, 6) is -0.151. The van der Waals surface area contributed by atoms with E-state index < -0.39 is 12.8 Å². The van der Waals surface area contributed by atoms with Crippen LogP contribution in [-0.2, 0) is 4.79 Å². The Morgan fingerprint density at radius 1 is 1.43 bits per heavy atom. The number of ether oxygens (including phenoxy) is 1. The average Bonchev–Trinajstić information content (AvgIpc) is 2.34. The van der Waals surface area contributed by atoms with Gasteiger partial charge in [0.05, 0.1) is 5.69 Å². The zero-order chi connectivity index (χ0) is 15.5. The van der Waals surface area contributed by atoms with Crippen LogP contribution in [0, 0.1) is 11.8 Å². The molecule has 0 aromatic heterocycles. The molecule has 0 spiro atoms. The first-order valence-electron chi connectivity index (χ1n) is 6.67. The van der Waals surface area contributed by atoms with Crippen LogP contribution in [0.25, 0.3) is 0 Å². The van der Waals surface area contributed by atoms with Crippen molar-refractivity contribution in [3.63, 3.8) is 0 Å². The largest absolute Gasteiger partial charge is 0.482 e. The molecule has 1 saturated heterocycles. The molecule has 1 aliphatic rings. The van der Waals surface area contributed by atoms with Crippen molar-refractivity contribution in [3.05, 3.63) is 24.3 Å². The zero-order valence-electron chi connectivity index (χ0n) is 11.5. The highest BCUT2D eigenvalue weighted by Gasteiger charge is 2.30. The number of anilines is 1. The molecule has 1 aromatic rings. The standard InChI is InChI=1S/C14H17F3N2O2/c1-9(10-6-18-7-10)13(20)19-11-4-2-3-5-12(11)21-8-14(15,16)17/h2-5,9-10,18H,6-8H2,1H3,(H,19,20). The Labute approximate surface area is 120 Å². The molecule has 0 saturated carbocycles. The number of hydrogen-bond acceptors (Lipinski definition) is 3. The molecule has 21 heavy (non-hydrogen) atoms. The van der Waals surface area contributed by atoms with Gasteiger partial charge in [-0.3, -0.25) is 4.79 Å². The monoisotopic (exact) mass is 302 g/mol. The minimum absolute atomic E-state index is 0.0158. The summed E-state index contributed by atoms with van der Waals surface area (Å²) in [4.78, 5) is 12.1. The van der Waals surface area contributed by atoms with E-state index in [2.05, 4.69) is 10.6 Å². The molecular weight excluding hydrogens is 285 g/mol. The summed E-state index contributed by atoms with van der Waals surface area (Å²) in [5.41, 5.74) is 0.255. The SMILES string of the molecule is CC(C(=O)Nc1ccccc1OCC(F)(F)F)C1CNC1. The summed E-state index contributed by atoms with van der Waals surface area (Å²) in [5, 5.41) is 5.72. The van der Waals surface area contributed by atoms with Crippen molar-refractivity contribution in [2.75, 3.05) is 25.0 Å². The molecule has 7 heteroatoms. The fourth-order valence-electron chi connectivity index (χ4n) is 1.98. The number of amides is 1. The summed E-state index contributed by atoms with van der Waals surface area (Å²) in [6.45, 7) is 1.98. The highest BCUT2D eigenvalue weighted by Crippen LogP contribution is 2.27. The first kappa shape index (κ1) is 15.6. The topological polar surface area (TPSA) is 50.4 Å². The van der Waals surface area contributed by atoms with E-state index in [-0.39, 0.29) is 29.2 Å². The van der Waals surface area contributed by atoms with Gasteiger partial charge in [0, 0.05) is 5.92 Å². The molecule has 1 aromatic carbocycles. The summed E-state index contributed by atoms with van der Waals surface area (Å²) < 4.78 is 41.3. The van der Waals surface area contributed by atoms with Crippen LogP contribution in [0.5, 0.6) is 5.75 Å². The van der Waals surface area contributed by atoms with Crippen LogP contribution >= 0.6 is 0 Å². The van der Waals surface area contributed by atoms with Gasteiger partial charge in [0.15, 0.2) is 6.61 Å². The normalized spacial score (nSPS) is 17.0. The molecule has 1 unspecified atom stereocenters. The Kier molecular flexibility index (Phi) is 4.72. The third-order valence-corrected chi connectivity index (χ3v) is 3.47. The van der Waals surface area contributed by atoms with Crippen LogP contribution in [0.15, 0.2) is 24.3 Å². The van der Waals surface area contributed by atoms with E-state index >= 15 is 0 Å². The predicted molar refractivity (Wildman–Crippen MR) is 72.1 cm³/mol. The zero-order valence-corrected chi connectivity index (χ0v) is 11.5. The van der Waals surface area contributed by atoms with E-state index in [1.807, 2.05) is 0 Å². The Hall–Kier alpha value is -1.76. The third kappa shape index (κ3) is 4.35. The predicted octanol–water partition coefficient (Wildman–Crippen LogP) is 2.42. The number of hydrogen-bond donors (Lipinski definition) is 2. The molecule has 2 rings (SSSR count). The van der Waals surface area contributed by atoms with Gasteiger partial charge in [-0.1, -0.05) is 19.1 Å². The number of carbonyl (C=O) groups excluding carboxylic acids is 1. The van der Waals surface area contributed by atoms with E-state index in [0.29, 0.717) is 0 Å². The molecule has 1 amide bonds. The minimum atomic E-state index is -4.41. The Balaban J connectivity index is 2.00. The fourth-order valence-corrected chi connectivity index (χ4v) is 1.98. The van der Waals surface area contributed by atoms with Crippen LogP contribution in [0.4, 0.5) is 18.9 Å². The number of halogens is 3. The highest BCUT2D eigenvalue weighted by atomic mass is 19.4. The van der Waals surface area contributed by atoms with E-state index in [1.165, 1.54) is 12.1 Å². The highest BCUT2D eigenvalue weighted by molar-refractivity contribution is 5.94. The van der Waals surface area contributed by atoms with Gasteiger partial charge >= 0.3 is 6.18 Å². The summed E-state index contributed by atoms with van der Waals surface area (Å²) in [6, 6.07) is 6.11. The summed E-state index contributed by atoms with van der Waals surface area (Å²) >= 11 is 0. The van der Waals surface area contributed by atoms with E-state index in [4.69, 9.17) is 4.74 Å². The molecule has 2 N–H and O–H groups in total. The number of nitrogens with one attached hydrogen (secondary N) is 2. The van der Waals surface area contributed by atoms with Crippen LogP contribution in [-0.4, -0.2) is 31.8 Å². The lowest BCUT2D eigenvalue weighted by Gasteiger charge is -2.31. The first-order valence-corrected chi connectivity index (χ1v) is 6.67. The summed E-state index contributed by atoms with van der Waals surface area (Å²) in [7, 11) is 0. The Bertz CT molecular complexity index is 501. The molecule has 1 atom stereocenters. The second kappa shape index (κ2) is 6.34. The maximum atomic E-state index is 12.2. The van der Waals surface area contributed by atoms with Crippen molar-refractivity contribution in [1.29, 1.82) is 0 Å². The van der Waals surface area contributed by atoms with Crippen molar-refractivity contribution in [2.45, 2.75) is 13.1 Å². The van der Waals surface area contributed by atoms with Crippen LogP contribution in [0.2, 0.25) is 0 Å². The van der Waals surface area contributed by atoms with Crippen molar-refractivity contribution < 1.29 is 22.7 Å². The fraction of sp³-hybridized carbons (Fsp3) is 0.500. The van der Waals surface area contributed by atoms with Crippen molar-refractivity contribution in [3.8, 4) is 5.75 Å². The van der Waals surface area contributed by atoms with Crippen molar-refractivity contribution >= 4 is 11.6 Å². The van der Waals surface area contributed by atoms with Gasteiger partial charge in [0.1, 0.15) is 5.75 Å². The van der Waals surface area contributed by atoms with Gasteiger partial charge in [0.2, 0.25) is 5.91 Å². The molecule has 116 valence electrons. The molecule has 0 aliphatic carbocycles. The smallest absolute Gasteiger partial charge is 0.422 e. The molecular formula is C14H17F3N2O2. The lowest BCUT2D eigenvalue weighted by atomic mass is 9.88. The first-order chi connectivity index (χ1) is 9.87. The quantitative estimate of drug-likeness (QED) is 0.878. The van der Waals surface area contributed by atoms with Gasteiger partial charge in [-0.05, 0) is 31.1 Å². The van der Waals surface area contributed by atoms with Crippen molar-refractivity contribution in [2.24, 2.45) is 11.8 Å². The maximum absolute atomic E-state index is 12.2. The van der Waals surface area contributed by atoms with Gasteiger partial charge in [-0.25, -0.2) is 0 Å². The number of para-hydroxylation sites is 2. The number of carbonyl (C=O) groups is 1. The van der Waals surface area contributed by atoms with Gasteiger partial charge in [-0.15, -0.1) is 0 Å². The molecule has 1 fully saturated rings. The second-order valence-corrected chi connectivity index (χ2v) is 5.10. The lowest BCUT2D eigenvalue weighted by molar-refractivity contribution is -0.153. The molecule has 0 radical (unpaired) electrons. The second-order valence-electron chi connectivity index (χ2n) is 5.10. The minimum Gasteiger partial charge on any atom is -0.482 e. The van der Waals surface area contributed by atoms with Gasteiger partial charge in [-0.2, -0.15) is 13.2 Å². The van der Waals surface area contributed by atoms with Gasteiger partial charge in [0.25, 0.3) is 0 Å². The lowest BCUT2D eigenvalue weighted by Crippen LogP contribution is -2.48. The molecule has 1 heterocycles. The van der Waals surface area contributed by atoms with Crippen LogP contribution in [0.1, 0.15) is 6.92 Å². The van der Waals surface area contributed by atoms with Crippen LogP contribution < -0.4 is 15.4 Å². The van der Waals surface area contributed by atoms with E-state index in [1.54, 1.807) is 19.1 Å². The molecule has 0 bridgehead atoms.